The molecule has 0 unspecified atom stereocenters. The molecule has 1 aliphatic heterocycles. The lowest BCUT2D eigenvalue weighted by atomic mass is 10.1. The van der Waals surface area contributed by atoms with Crippen molar-refractivity contribution in [3.05, 3.63) is 73.2 Å². The Morgan fingerprint density at radius 2 is 1.68 bits per heavy atom. The molecule has 1 aliphatic rings. The number of nitrogens with zero attached hydrogens (tertiary/aromatic N) is 2. The van der Waals surface area contributed by atoms with Crippen molar-refractivity contribution in [1.82, 2.24) is 4.90 Å². The van der Waals surface area contributed by atoms with Gasteiger partial charge in [0.1, 0.15) is 11.5 Å². The van der Waals surface area contributed by atoms with E-state index in [2.05, 4.69) is 70.8 Å². The van der Waals surface area contributed by atoms with Gasteiger partial charge in [0, 0.05) is 56.3 Å². The van der Waals surface area contributed by atoms with Gasteiger partial charge in [-0.15, -0.1) is 0 Å². The summed E-state index contributed by atoms with van der Waals surface area (Å²) in [6.07, 6.45) is 2.23. The number of anilines is 1. The van der Waals surface area contributed by atoms with E-state index in [1.807, 2.05) is 12.1 Å². The molecule has 1 fully saturated rings. The molecule has 0 aliphatic carbocycles. The van der Waals surface area contributed by atoms with Gasteiger partial charge in [-0.1, -0.05) is 42.5 Å². The fourth-order valence-corrected chi connectivity index (χ4v) is 3.70. The minimum absolute atomic E-state index is 0.629. The number of hydrogen-bond acceptors (Lipinski definition) is 4. The predicted molar refractivity (Wildman–Crippen MR) is 115 cm³/mol. The molecule has 0 saturated carbocycles. The van der Waals surface area contributed by atoms with E-state index >= 15 is 0 Å². The summed E-state index contributed by atoms with van der Waals surface area (Å²) < 4.78 is 11.4. The quantitative estimate of drug-likeness (QED) is 0.576. The highest BCUT2D eigenvalue weighted by atomic mass is 16.5. The Balaban J connectivity index is 1.22. The van der Waals surface area contributed by atoms with E-state index in [0.29, 0.717) is 6.61 Å². The van der Waals surface area contributed by atoms with Crippen molar-refractivity contribution in [2.45, 2.75) is 0 Å². The molecular formula is C24H27N2O2. The Morgan fingerprint density at radius 1 is 0.893 bits per heavy atom. The van der Waals surface area contributed by atoms with Gasteiger partial charge >= 0.3 is 0 Å². The van der Waals surface area contributed by atoms with Crippen LogP contribution in [0.15, 0.2) is 66.7 Å². The predicted octanol–water partition coefficient (Wildman–Crippen LogP) is 4.25. The summed E-state index contributed by atoms with van der Waals surface area (Å²) in [4.78, 5) is 4.90. The lowest BCUT2D eigenvalue weighted by Gasteiger charge is -2.36. The van der Waals surface area contributed by atoms with E-state index in [1.165, 1.54) is 16.5 Å². The Kier molecular flexibility index (Phi) is 5.98. The Bertz CT molecular complexity index is 899. The largest absolute Gasteiger partial charge is 0.497 e. The summed E-state index contributed by atoms with van der Waals surface area (Å²) in [6.45, 7) is 5.77. The second-order valence-corrected chi connectivity index (χ2v) is 7.07. The van der Waals surface area contributed by atoms with Crippen molar-refractivity contribution in [3.8, 4) is 11.5 Å². The van der Waals surface area contributed by atoms with E-state index in [4.69, 9.17) is 9.47 Å². The molecule has 0 atom stereocenters. The minimum Gasteiger partial charge on any atom is -0.497 e. The van der Waals surface area contributed by atoms with Gasteiger partial charge in [0.25, 0.3) is 0 Å². The van der Waals surface area contributed by atoms with Crippen LogP contribution in [0.2, 0.25) is 0 Å². The van der Waals surface area contributed by atoms with Crippen molar-refractivity contribution in [3.63, 3.8) is 0 Å². The highest BCUT2D eigenvalue weighted by Crippen LogP contribution is 2.25. The van der Waals surface area contributed by atoms with Crippen molar-refractivity contribution in [2.75, 3.05) is 51.3 Å². The number of benzene rings is 3. The van der Waals surface area contributed by atoms with Gasteiger partial charge in [-0.25, -0.2) is 0 Å². The first-order valence-electron chi connectivity index (χ1n) is 9.87. The number of rotatable bonds is 7. The Morgan fingerprint density at radius 3 is 2.54 bits per heavy atom. The van der Waals surface area contributed by atoms with Crippen LogP contribution in [0.4, 0.5) is 5.69 Å². The molecule has 1 heterocycles. The standard InChI is InChI=1S/C24H27N2O2/c1-27-22-10-5-9-21(19-22)26-16-14-25(15-17-26)13-6-18-28-24-12-4-8-20-7-2-3-11-23(20)24/h2-12,19H,13-18H2,1H3. The van der Waals surface area contributed by atoms with E-state index in [9.17, 15) is 0 Å². The second kappa shape index (κ2) is 8.98. The molecule has 0 spiro atoms. The lowest BCUT2D eigenvalue weighted by molar-refractivity contribution is 0.259. The third-order valence-corrected chi connectivity index (χ3v) is 5.28. The highest BCUT2D eigenvalue weighted by molar-refractivity contribution is 5.88. The average Bonchev–Trinajstić information content (AvgIpc) is 2.77. The maximum absolute atomic E-state index is 6.02. The number of ether oxygens (including phenoxy) is 2. The molecule has 4 rings (SSSR count). The molecule has 0 aromatic heterocycles. The lowest BCUT2D eigenvalue weighted by Crippen LogP contribution is -2.46. The van der Waals surface area contributed by atoms with Gasteiger partial charge < -0.3 is 14.4 Å². The zero-order chi connectivity index (χ0) is 19.2. The SMILES string of the molecule is COc1cccc(N2CCN(C[CH]COc3cccc4ccccc34)CC2)c1. The molecule has 1 saturated heterocycles. The van der Waals surface area contributed by atoms with Crippen LogP contribution in [-0.4, -0.2) is 51.3 Å². The van der Waals surface area contributed by atoms with Gasteiger partial charge in [-0.05, 0) is 23.6 Å². The summed E-state index contributed by atoms with van der Waals surface area (Å²) in [6, 6.07) is 22.9. The van der Waals surface area contributed by atoms with Crippen LogP contribution in [0.5, 0.6) is 11.5 Å². The molecular weight excluding hydrogens is 348 g/mol. The highest BCUT2D eigenvalue weighted by Gasteiger charge is 2.17. The molecule has 28 heavy (non-hydrogen) atoms. The molecule has 0 amide bonds. The van der Waals surface area contributed by atoms with Crippen molar-refractivity contribution in [1.29, 1.82) is 0 Å². The molecule has 145 valence electrons. The molecule has 4 heteroatoms. The third-order valence-electron chi connectivity index (χ3n) is 5.28. The maximum atomic E-state index is 6.02. The molecule has 3 aromatic rings. The van der Waals surface area contributed by atoms with E-state index in [0.717, 1.165) is 44.2 Å². The summed E-state index contributed by atoms with van der Waals surface area (Å²) >= 11 is 0. The third kappa shape index (κ3) is 4.39. The monoisotopic (exact) mass is 375 g/mol. The Hall–Kier alpha value is -2.72. The number of methoxy groups -OCH3 is 1. The molecule has 0 N–H and O–H groups in total. The van der Waals surface area contributed by atoms with E-state index in [-0.39, 0.29) is 0 Å². The summed E-state index contributed by atoms with van der Waals surface area (Å²) in [5.41, 5.74) is 1.24. The van der Waals surface area contributed by atoms with Crippen molar-refractivity contribution < 1.29 is 9.47 Å². The molecule has 3 aromatic carbocycles. The molecule has 1 radical (unpaired) electrons. The molecule has 4 nitrogen and oxygen atoms in total. The normalized spacial score (nSPS) is 15.0. The van der Waals surface area contributed by atoms with Crippen LogP contribution in [0, 0.1) is 6.42 Å². The number of fused-ring (bicyclic) bond motifs is 1. The van der Waals surface area contributed by atoms with Gasteiger partial charge in [0.2, 0.25) is 0 Å². The van der Waals surface area contributed by atoms with Crippen molar-refractivity contribution in [2.24, 2.45) is 0 Å². The van der Waals surface area contributed by atoms with Gasteiger partial charge in [-0.3, -0.25) is 4.90 Å². The van der Waals surface area contributed by atoms with Gasteiger partial charge in [0.05, 0.1) is 13.7 Å². The van der Waals surface area contributed by atoms with Crippen LogP contribution >= 0.6 is 0 Å². The van der Waals surface area contributed by atoms with Gasteiger partial charge in [-0.2, -0.15) is 0 Å². The van der Waals surface area contributed by atoms with Gasteiger partial charge in [0.15, 0.2) is 0 Å². The molecule has 0 bridgehead atoms. The zero-order valence-electron chi connectivity index (χ0n) is 16.4. The van der Waals surface area contributed by atoms with Crippen LogP contribution < -0.4 is 14.4 Å². The summed E-state index contributed by atoms with van der Waals surface area (Å²) in [5, 5.41) is 2.39. The first-order valence-corrected chi connectivity index (χ1v) is 9.87. The van der Waals surface area contributed by atoms with Crippen LogP contribution in [0.3, 0.4) is 0 Å². The fourth-order valence-electron chi connectivity index (χ4n) is 3.70. The van der Waals surface area contributed by atoms with Crippen LogP contribution in [-0.2, 0) is 0 Å². The number of piperazine rings is 1. The minimum atomic E-state index is 0.629. The maximum Gasteiger partial charge on any atom is 0.127 e. The average molecular weight is 375 g/mol. The second-order valence-electron chi connectivity index (χ2n) is 7.07. The van der Waals surface area contributed by atoms with Crippen LogP contribution in [0.25, 0.3) is 10.8 Å². The first kappa shape index (κ1) is 18.6. The summed E-state index contributed by atoms with van der Waals surface area (Å²) in [5.74, 6) is 1.87. The Labute approximate surface area is 167 Å². The van der Waals surface area contributed by atoms with E-state index in [1.54, 1.807) is 7.11 Å². The zero-order valence-corrected chi connectivity index (χ0v) is 16.4. The van der Waals surface area contributed by atoms with Crippen molar-refractivity contribution >= 4 is 16.5 Å². The topological polar surface area (TPSA) is 24.9 Å². The number of hydrogen-bond donors (Lipinski definition) is 0. The summed E-state index contributed by atoms with van der Waals surface area (Å²) in [7, 11) is 1.72. The first-order chi connectivity index (χ1) is 13.8. The van der Waals surface area contributed by atoms with E-state index < -0.39 is 0 Å². The fraction of sp³-hybridized carbons (Fsp3) is 0.292. The smallest absolute Gasteiger partial charge is 0.127 e. The van der Waals surface area contributed by atoms with Crippen LogP contribution in [0.1, 0.15) is 0 Å².